The molecule has 0 unspecified atom stereocenters. The molecule has 1 aromatic carbocycles. The van der Waals surface area contributed by atoms with E-state index in [1.165, 1.54) is 0 Å². The van der Waals surface area contributed by atoms with Crippen LogP contribution in [-0.4, -0.2) is 22.2 Å². The first-order chi connectivity index (χ1) is 9.06. The molecule has 0 spiro atoms. The summed E-state index contributed by atoms with van der Waals surface area (Å²) in [5.74, 6) is -0.0495. The van der Waals surface area contributed by atoms with Gasteiger partial charge in [-0.2, -0.15) is 5.10 Å². The second-order valence-corrected chi connectivity index (χ2v) is 5.30. The van der Waals surface area contributed by atoms with Crippen LogP contribution in [0.25, 0.3) is 0 Å². The molecule has 1 aromatic heterocycles. The zero-order valence-electron chi connectivity index (χ0n) is 11.0. The van der Waals surface area contributed by atoms with Crippen LogP contribution in [0.3, 0.4) is 0 Å². The largest absolute Gasteiger partial charge is 0.352 e. The molecule has 0 saturated carbocycles. The van der Waals surface area contributed by atoms with E-state index in [1.54, 1.807) is 4.68 Å². The molecule has 1 N–H and O–H groups in total. The van der Waals surface area contributed by atoms with E-state index in [2.05, 4.69) is 26.3 Å². The van der Waals surface area contributed by atoms with Crippen molar-refractivity contribution in [2.45, 2.75) is 13.3 Å². The number of benzene rings is 1. The molecule has 0 aliphatic heterocycles. The molecule has 2 aromatic rings. The lowest BCUT2D eigenvalue weighted by atomic mass is 10.1. The van der Waals surface area contributed by atoms with E-state index in [-0.39, 0.29) is 5.91 Å². The summed E-state index contributed by atoms with van der Waals surface area (Å²) in [7, 11) is 1.88. The SMILES string of the molecule is Cc1cc(C(=O)NCCc2ccn(C)n2)ccc1Br. The van der Waals surface area contributed by atoms with Crippen LogP contribution in [0.5, 0.6) is 0 Å². The Kier molecular flexibility index (Phi) is 4.37. The average molecular weight is 322 g/mol. The number of amides is 1. The van der Waals surface area contributed by atoms with Crippen molar-refractivity contribution in [1.29, 1.82) is 0 Å². The summed E-state index contributed by atoms with van der Waals surface area (Å²) in [6, 6.07) is 7.53. The molecular formula is C14H16BrN3O. The number of carbonyl (C=O) groups excluding carboxylic acids is 1. The summed E-state index contributed by atoms with van der Waals surface area (Å²) >= 11 is 3.42. The monoisotopic (exact) mass is 321 g/mol. The zero-order chi connectivity index (χ0) is 13.8. The van der Waals surface area contributed by atoms with Gasteiger partial charge in [0.1, 0.15) is 0 Å². The molecule has 5 heteroatoms. The van der Waals surface area contributed by atoms with Crippen LogP contribution in [0.4, 0.5) is 0 Å². The third-order valence-electron chi connectivity index (χ3n) is 2.86. The van der Waals surface area contributed by atoms with E-state index < -0.39 is 0 Å². The molecular weight excluding hydrogens is 306 g/mol. The van der Waals surface area contributed by atoms with Gasteiger partial charge in [0, 0.05) is 36.2 Å². The van der Waals surface area contributed by atoms with Gasteiger partial charge >= 0.3 is 0 Å². The molecule has 4 nitrogen and oxygen atoms in total. The van der Waals surface area contributed by atoms with Crippen molar-refractivity contribution in [2.24, 2.45) is 7.05 Å². The third-order valence-corrected chi connectivity index (χ3v) is 3.75. The highest BCUT2D eigenvalue weighted by atomic mass is 79.9. The van der Waals surface area contributed by atoms with Gasteiger partial charge in [0.05, 0.1) is 5.69 Å². The van der Waals surface area contributed by atoms with E-state index >= 15 is 0 Å². The van der Waals surface area contributed by atoms with Crippen LogP contribution < -0.4 is 5.32 Å². The number of carbonyl (C=O) groups is 1. The fourth-order valence-electron chi connectivity index (χ4n) is 1.79. The second-order valence-electron chi connectivity index (χ2n) is 4.45. The van der Waals surface area contributed by atoms with Crippen molar-refractivity contribution in [3.05, 3.63) is 51.8 Å². The van der Waals surface area contributed by atoms with Gasteiger partial charge in [-0.3, -0.25) is 9.48 Å². The van der Waals surface area contributed by atoms with E-state index in [0.29, 0.717) is 12.1 Å². The van der Waals surface area contributed by atoms with Gasteiger partial charge < -0.3 is 5.32 Å². The van der Waals surface area contributed by atoms with Crippen LogP contribution in [0.1, 0.15) is 21.6 Å². The summed E-state index contributed by atoms with van der Waals surface area (Å²) in [6.45, 7) is 2.56. The smallest absolute Gasteiger partial charge is 0.251 e. The van der Waals surface area contributed by atoms with Crippen LogP contribution in [-0.2, 0) is 13.5 Å². The molecule has 19 heavy (non-hydrogen) atoms. The first kappa shape index (κ1) is 13.8. The number of hydrogen-bond acceptors (Lipinski definition) is 2. The summed E-state index contributed by atoms with van der Waals surface area (Å²) < 4.78 is 2.77. The van der Waals surface area contributed by atoms with Gasteiger partial charge in [-0.15, -0.1) is 0 Å². The van der Waals surface area contributed by atoms with Crippen LogP contribution >= 0.6 is 15.9 Å². The van der Waals surface area contributed by atoms with Crippen molar-refractivity contribution < 1.29 is 4.79 Å². The number of rotatable bonds is 4. The van der Waals surface area contributed by atoms with Gasteiger partial charge in [0.2, 0.25) is 0 Å². The molecule has 2 rings (SSSR count). The minimum absolute atomic E-state index is 0.0495. The van der Waals surface area contributed by atoms with Crippen LogP contribution in [0.2, 0.25) is 0 Å². The Balaban J connectivity index is 1.89. The maximum Gasteiger partial charge on any atom is 0.251 e. The number of nitrogens with zero attached hydrogens (tertiary/aromatic N) is 2. The minimum atomic E-state index is -0.0495. The summed E-state index contributed by atoms with van der Waals surface area (Å²) in [4.78, 5) is 12.0. The first-order valence-corrected chi connectivity index (χ1v) is 6.88. The van der Waals surface area contributed by atoms with E-state index in [4.69, 9.17) is 0 Å². The number of halogens is 1. The molecule has 1 heterocycles. The van der Waals surface area contributed by atoms with Gasteiger partial charge in [-0.1, -0.05) is 15.9 Å². The fourth-order valence-corrected chi connectivity index (χ4v) is 2.04. The third kappa shape index (κ3) is 3.67. The normalized spacial score (nSPS) is 10.5. The van der Waals surface area contributed by atoms with E-state index in [0.717, 1.165) is 22.2 Å². The molecule has 1 amide bonds. The molecule has 0 bridgehead atoms. The highest BCUT2D eigenvalue weighted by Crippen LogP contribution is 2.16. The van der Waals surface area contributed by atoms with Gasteiger partial charge in [-0.05, 0) is 36.8 Å². The molecule has 100 valence electrons. The fraction of sp³-hybridized carbons (Fsp3) is 0.286. The van der Waals surface area contributed by atoms with Gasteiger partial charge in [-0.25, -0.2) is 0 Å². The predicted molar refractivity (Wildman–Crippen MR) is 78.1 cm³/mol. The molecule has 0 aliphatic carbocycles. The molecule has 0 atom stereocenters. The molecule has 0 radical (unpaired) electrons. The van der Waals surface area contributed by atoms with E-state index in [1.807, 2.05) is 44.4 Å². The molecule has 0 fully saturated rings. The van der Waals surface area contributed by atoms with Gasteiger partial charge in [0.25, 0.3) is 5.91 Å². The number of nitrogens with one attached hydrogen (secondary N) is 1. The minimum Gasteiger partial charge on any atom is -0.352 e. The average Bonchev–Trinajstić information content (AvgIpc) is 2.78. The van der Waals surface area contributed by atoms with Crippen LogP contribution in [0, 0.1) is 6.92 Å². The Bertz CT molecular complexity index is 592. The Hall–Kier alpha value is -1.62. The van der Waals surface area contributed by atoms with Crippen molar-refractivity contribution in [3.63, 3.8) is 0 Å². The Labute approximate surface area is 120 Å². The molecule has 0 aliphatic rings. The van der Waals surface area contributed by atoms with Crippen molar-refractivity contribution in [3.8, 4) is 0 Å². The molecule has 0 saturated heterocycles. The summed E-state index contributed by atoms with van der Waals surface area (Å²) in [5.41, 5.74) is 2.72. The van der Waals surface area contributed by atoms with Gasteiger partial charge in [0.15, 0.2) is 0 Å². The summed E-state index contributed by atoms with van der Waals surface area (Å²) in [6.07, 6.45) is 2.64. The first-order valence-electron chi connectivity index (χ1n) is 6.09. The second kappa shape index (κ2) is 6.02. The number of aromatic nitrogens is 2. The topological polar surface area (TPSA) is 46.9 Å². The number of hydrogen-bond donors (Lipinski definition) is 1. The Morgan fingerprint density at radius 1 is 1.42 bits per heavy atom. The van der Waals surface area contributed by atoms with Crippen LogP contribution in [0.15, 0.2) is 34.9 Å². The van der Waals surface area contributed by atoms with Crippen molar-refractivity contribution >= 4 is 21.8 Å². The lowest BCUT2D eigenvalue weighted by molar-refractivity contribution is 0.0954. The number of aryl methyl sites for hydroxylation is 2. The van der Waals surface area contributed by atoms with Crippen molar-refractivity contribution in [2.75, 3.05) is 6.54 Å². The lowest BCUT2D eigenvalue weighted by Crippen LogP contribution is -2.25. The highest BCUT2D eigenvalue weighted by molar-refractivity contribution is 9.10. The van der Waals surface area contributed by atoms with E-state index in [9.17, 15) is 4.79 Å². The Morgan fingerprint density at radius 2 is 2.21 bits per heavy atom. The standard InChI is InChI=1S/C14H16BrN3O/c1-10-9-11(3-4-13(10)15)14(19)16-7-5-12-6-8-18(2)17-12/h3-4,6,8-9H,5,7H2,1-2H3,(H,16,19). The Morgan fingerprint density at radius 3 is 2.84 bits per heavy atom. The summed E-state index contributed by atoms with van der Waals surface area (Å²) in [5, 5.41) is 7.17. The maximum atomic E-state index is 12.0. The highest BCUT2D eigenvalue weighted by Gasteiger charge is 2.06. The zero-order valence-corrected chi connectivity index (χ0v) is 12.6. The maximum absolute atomic E-state index is 12.0. The van der Waals surface area contributed by atoms with Crippen molar-refractivity contribution in [1.82, 2.24) is 15.1 Å². The predicted octanol–water partition coefficient (Wildman–Crippen LogP) is 2.46. The lowest BCUT2D eigenvalue weighted by Gasteiger charge is -2.06. The quantitative estimate of drug-likeness (QED) is 0.940.